The van der Waals surface area contributed by atoms with Crippen LogP contribution in [-0.2, 0) is 22.6 Å². The number of phenolic OH excluding ortho intramolecular Hbond substituents is 1. The minimum atomic E-state index is -0.629. The molecule has 0 aliphatic carbocycles. The zero-order chi connectivity index (χ0) is 19.6. The summed E-state index contributed by atoms with van der Waals surface area (Å²) in [7, 11) is 1.40. The molecule has 1 N–H and O–H groups in total. The van der Waals surface area contributed by atoms with Crippen molar-refractivity contribution < 1.29 is 23.8 Å². The van der Waals surface area contributed by atoms with Gasteiger partial charge in [0.15, 0.2) is 11.5 Å². The van der Waals surface area contributed by atoms with Crippen LogP contribution in [0.3, 0.4) is 0 Å². The van der Waals surface area contributed by atoms with Crippen molar-refractivity contribution in [3.05, 3.63) is 68.0 Å². The minimum Gasteiger partial charge on any atom is -0.504 e. The number of rotatable bonds is 5. The second-order valence-corrected chi connectivity index (χ2v) is 6.53. The molecule has 8 heteroatoms. The molecule has 0 atom stereocenters. The standard InChI is InChI=1S/C19H14Cl2O6/c1-25-17-7-13-11(6-19(24)27-16(13)8-15(17)22)9-26-18(23)5-10-4-12(20)2-3-14(10)21/h2-4,6-8,22H,5,9H2,1H3. The molecule has 0 radical (unpaired) electrons. The van der Waals surface area contributed by atoms with E-state index in [0.717, 1.165) is 0 Å². The Morgan fingerprint density at radius 3 is 2.67 bits per heavy atom. The lowest BCUT2D eigenvalue weighted by atomic mass is 10.1. The molecule has 0 aliphatic heterocycles. The molecule has 27 heavy (non-hydrogen) atoms. The number of benzene rings is 2. The molecule has 1 aromatic heterocycles. The smallest absolute Gasteiger partial charge is 0.336 e. The molecule has 0 bridgehead atoms. The number of methoxy groups -OCH3 is 1. The molecule has 3 aromatic rings. The van der Waals surface area contributed by atoms with Gasteiger partial charge in [0.2, 0.25) is 0 Å². The van der Waals surface area contributed by atoms with Crippen LogP contribution in [0, 0.1) is 0 Å². The molecule has 1 heterocycles. The number of carbonyl (C=O) groups is 1. The molecule has 0 aliphatic rings. The zero-order valence-corrected chi connectivity index (χ0v) is 15.6. The van der Waals surface area contributed by atoms with Gasteiger partial charge in [-0.15, -0.1) is 0 Å². The third kappa shape index (κ3) is 4.35. The first-order valence-electron chi connectivity index (χ1n) is 7.80. The Balaban J connectivity index is 1.83. The molecular weight excluding hydrogens is 395 g/mol. The van der Waals surface area contributed by atoms with Gasteiger partial charge >= 0.3 is 11.6 Å². The molecule has 2 aromatic carbocycles. The summed E-state index contributed by atoms with van der Waals surface area (Å²) in [6, 6.07) is 8.80. The quantitative estimate of drug-likeness (QED) is 0.505. The monoisotopic (exact) mass is 408 g/mol. The maximum absolute atomic E-state index is 12.2. The predicted octanol–water partition coefficient (Wildman–Crippen LogP) is 4.10. The first-order chi connectivity index (χ1) is 12.9. The van der Waals surface area contributed by atoms with Gasteiger partial charge in [-0.05, 0) is 29.8 Å². The lowest BCUT2D eigenvalue weighted by molar-refractivity contribution is -0.144. The summed E-state index contributed by atoms with van der Waals surface area (Å²) in [5.41, 5.74) is 0.490. The average molecular weight is 409 g/mol. The second-order valence-electron chi connectivity index (χ2n) is 5.68. The molecule has 0 saturated carbocycles. The Bertz CT molecular complexity index is 1070. The predicted molar refractivity (Wildman–Crippen MR) is 101 cm³/mol. The topological polar surface area (TPSA) is 86.0 Å². The van der Waals surface area contributed by atoms with Crippen LogP contribution in [0.2, 0.25) is 10.0 Å². The van der Waals surface area contributed by atoms with Crippen LogP contribution in [0.5, 0.6) is 11.5 Å². The molecule has 0 amide bonds. The Morgan fingerprint density at radius 1 is 1.15 bits per heavy atom. The van der Waals surface area contributed by atoms with E-state index in [2.05, 4.69) is 0 Å². The van der Waals surface area contributed by atoms with E-state index in [1.54, 1.807) is 18.2 Å². The number of hydrogen-bond acceptors (Lipinski definition) is 6. The summed E-state index contributed by atoms with van der Waals surface area (Å²) >= 11 is 12.0. The number of fused-ring (bicyclic) bond motifs is 1. The van der Waals surface area contributed by atoms with Gasteiger partial charge in [-0.25, -0.2) is 4.79 Å². The van der Waals surface area contributed by atoms with Crippen molar-refractivity contribution in [2.24, 2.45) is 0 Å². The fourth-order valence-corrected chi connectivity index (χ4v) is 2.95. The van der Waals surface area contributed by atoms with Crippen LogP contribution in [0.4, 0.5) is 0 Å². The SMILES string of the molecule is COc1cc2c(COC(=O)Cc3cc(Cl)ccc3Cl)cc(=O)oc2cc1O. The number of ether oxygens (including phenoxy) is 2. The van der Waals surface area contributed by atoms with Crippen LogP contribution in [0.15, 0.2) is 45.6 Å². The molecule has 6 nitrogen and oxygen atoms in total. The fraction of sp³-hybridized carbons (Fsp3) is 0.158. The van der Waals surface area contributed by atoms with Crippen LogP contribution >= 0.6 is 23.2 Å². The Hall–Kier alpha value is -2.70. The highest BCUT2D eigenvalue weighted by Gasteiger charge is 2.14. The molecular formula is C19H14Cl2O6. The van der Waals surface area contributed by atoms with E-state index in [-0.39, 0.29) is 30.1 Å². The minimum absolute atomic E-state index is 0.0666. The Morgan fingerprint density at radius 2 is 1.93 bits per heavy atom. The summed E-state index contributed by atoms with van der Waals surface area (Å²) in [6.07, 6.45) is -0.0666. The number of aromatic hydroxyl groups is 1. The van der Waals surface area contributed by atoms with E-state index in [1.165, 1.54) is 25.3 Å². The lowest BCUT2D eigenvalue weighted by Gasteiger charge is -2.10. The van der Waals surface area contributed by atoms with Gasteiger partial charge in [0.25, 0.3) is 0 Å². The number of hydrogen-bond donors (Lipinski definition) is 1. The maximum atomic E-state index is 12.2. The summed E-state index contributed by atoms with van der Waals surface area (Å²) in [5.74, 6) is -0.501. The van der Waals surface area contributed by atoms with Crippen LogP contribution in [0.25, 0.3) is 11.0 Å². The molecule has 3 rings (SSSR count). The lowest BCUT2D eigenvalue weighted by Crippen LogP contribution is -2.10. The number of carbonyl (C=O) groups excluding carboxylic acids is 1. The van der Waals surface area contributed by atoms with E-state index in [9.17, 15) is 14.7 Å². The van der Waals surface area contributed by atoms with Crippen molar-refractivity contribution in [1.29, 1.82) is 0 Å². The Kier molecular flexibility index (Phi) is 5.58. The van der Waals surface area contributed by atoms with Crippen molar-refractivity contribution in [3.63, 3.8) is 0 Å². The largest absolute Gasteiger partial charge is 0.504 e. The normalized spacial score (nSPS) is 10.8. The molecule has 140 valence electrons. The second kappa shape index (κ2) is 7.90. The number of esters is 1. The molecule has 0 spiro atoms. The van der Waals surface area contributed by atoms with E-state index in [4.69, 9.17) is 37.1 Å². The summed E-state index contributed by atoms with van der Waals surface area (Å²) in [5, 5.41) is 11.2. The Labute approximate surface area is 163 Å². The number of phenols is 1. The average Bonchev–Trinajstić information content (AvgIpc) is 2.62. The van der Waals surface area contributed by atoms with E-state index in [1.807, 2.05) is 0 Å². The van der Waals surface area contributed by atoms with Crippen molar-refractivity contribution in [2.45, 2.75) is 13.0 Å². The zero-order valence-electron chi connectivity index (χ0n) is 14.1. The van der Waals surface area contributed by atoms with Crippen molar-refractivity contribution in [2.75, 3.05) is 7.11 Å². The number of halogens is 2. The first-order valence-corrected chi connectivity index (χ1v) is 8.56. The van der Waals surface area contributed by atoms with E-state index < -0.39 is 11.6 Å². The summed E-state index contributed by atoms with van der Waals surface area (Å²) in [4.78, 5) is 23.9. The highest BCUT2D eigenvalue weighted by Crippen LogP contribution is 2.32. The summed E-state index contributed by atoms with van der Waals surface area (Å²) in [6.45, 7) is -0.160. The van der Waals surface area contributed by atoms with E-state index >= 15 is 0 Å². The third-order valence-corrected chi connectivity index (χ3v) is 4.46. The van der Waals surface area contributed by atoms with Crippen LogP contribution in [-0.4, -0.2) is 18.2 Å². The van der Waals surface area contributed by atoms with Crippen molar-refractivity contribution >= 4 is 40.1 Å². The van der Waals surface area contributed by atoms with E-state index in [0.29, 0.717) is 26.6 Å². The van der Waals surface area contributed by atoms with Gasteiger partial charge in [-0.2, -0.15) is 0 Å². The first kappa shape index (κ1) is 19.1. The van der Waals surface area contributed by atoms with Crippen molar-refractivity contribution in [1.82, 2.24) is 0 Å². The highest BCUT2D eigenvalue weighted by atomic mass is 35.5. The summed E-state index contributed by atoms with van der Waals surface area (Å²) < 4.78 is 15.4. The molecule has 0 unspecified atom stereocenters. The molecule has 0 fully saturated rings. The van der Waals surface area contributed by atoms with Crippen LogP contribution in [0.1, 0.15) is 11.1 Å². The van der Waals surface area contributed by atoms with Gasteiger partial charge in [0.1, 0.15) is 12.2 Å². The van der Waals surface area contributed by atoms with Gasteiger partial charge in [0, 0.05) is 33.1 Å². The van der Waals surface area contributed by atoms with Crippen molar-refractivity contribution in [3.8, 4) is 11.5 Å². The van der Waals surface area contributed by atoms with Crippen LogP contribution < -0.4 is 10.4 Å². The highest BCUT2D eigenvalue weighted by molar-refractivity contribution is 6.33. The van der Waals surface area contributed by atoms with Gasteiger partial charge in [-0.1, -0.05) is 23.2 Å². The third-order valence-electron chi connectivity index (χ3n) is 3.86. The molecule has 0 saturated heterocycles. The van der Waals surface area contributed by atoms with Gasteiger partial charge in [0.05, 0.1) is 13.5 Å². The fourth-order valence-electron chi connectivity index (χ4n) is 2.57. The van der Waals surface area contributed by atoms with Gasteiger partial charge < -0.3 is 19.0 Å². The van der Waals surface area contributed by atoms with Gasteiger partial charge in [-0.3, -0.25) is 4.79 Å². The maximum Gasteiger partial charge on any atom is 0.336 e.